The number of hydrogen-bond donors (Lipinski definition) is 1. The van der Waals surface area contributed by atoms with E-state index in [2.05, 4.69) is 15.3 Å². The van der Waals surface area contributed by atoms with Crippen LogP contribution >= 0.6 is 0 Å². The van der Waals surface area contributed by atoms with E-state index in [1.54, 1.807) is 13.1 Å². The van der Waals surface area contributed by atoms with E-state index < -0.39 is 0 Å². The van der Waals surface area contributed by atoms with Crippen LogP contribution in [0.3, 0.4) is 0 Å². The van der Waals surface area contributed by atoms with Crippen molar-refractivity contribution in [3.8, 4) is 0 Å². The second-order valence-electron chi connectivity index (χ2n) is 3.81. The molecule has 1 saturated carbocycles. The van der Waals surface area contributed by atoms with Gasteiger partial charge in [0.05, 0.1) is 0 Å². The molecule has 1 aromatic rings. The number of rotatable bonds is 3. The summed E-state index contributed by atoms with van der Waals surface area (Å²) in [6, 6.07) is 1.77. The maximum Gasteiger partial charge on any atom is 0.269 e. The summed E-state index contributed by atoms with van der Waals surface area (Å²) < 4.78 is 0. The van der Waals surface area contributed by atoms with E-state index in [9.17, 15) is 4.79 Å². The number of nitrogens with zero attached hydrogens (tertiary/aromatic N) is 2. The molecule has 0 saturated heterocycles. The minimum absolute atomic E-state index is 0.131. The van der Waals surface area contributed by atoms with Crippen LogP contribution in [-0.2, 0) is 6.42 Å². The Hall–Kier alpha value is -1.45. The Morgan fingerprint density at radius 3 is 2.80 bits per heavy atom. The van der Waals surface area contributed by atoms with E-state index in [4.69, 9.17) is 0 Å². The lowest BCUT2D eigenvalue weighted by Gasteiger charge is -2.05. The Morgan fingerprint density at radius 1 is 1.53 bits per heavy atom. The first-order chi connectivity index (χ1) is 7.24. The van der Waals surface area contributed by atoms with Crippen LogP contribution in [-0.4, -0.2) is 22.9 Å². The third kappa shape index (κ3) is 2.14. The van der Waals surface area contributed by atoms with Crippen molar-refractivity contribution in [3.05, 3.63) is 23.3 Å². The molecule has 1 N–H and O–H groups in total. The van der Waals surface area contributed by atoms with E-state index in [-0.39, 0.29) is 5.91 Å². The Balaban J connectivity index is 2.36. The van der Waals surface area contributed by atoms with Gasteiger partial charge in [-0.15, -0.1) is 0 Å². The molecule has 1 heterocycles. The molecule has 0 radical (unpaired) electrons. The Kier molecular flexibility index (Phi) is 2.66. The van der Waals surface area contributed by atoms with Gasteiger partial charge in [0.15, 0.2) is 0 Å². The minimum atomic E-state index is -0.131. The predicted molar refractivity (Wildman–Crippen MR) is 56.8 cm³/mol. The van der Waals surface area contributed by atoms with Crippen molar-refractivity contribution in [2.45, 2.75) is 32.1 Å². The van der Waals surface area contributed by atoms with Gasteiger partial charge >= 0.3 is 0 Å². The molecule has 4 nitrogen and oxygen atoms in total. The average molecular weight is 205 g/mol. The molecule has 2 rings (SSSR count). The maximum absolute atomic E-state index is 11.5. The highest BCUT2D eigenvalue weighted by Crippen LogP contribution is 2.38. The van der Waals surface area contributed by atoms with Gasteiger partial charge in [0.2, 0.25) is 0 Å². The lowest BCUT2D eigenvalue weighted by molar-refractivity contribution is 0.0957. The standard InChI is InChI=1S/C11H15N3O/c1-3-8-6-9(11(15)12-2)14-10(13-8)7-4-5-7/h6-7H,3-5H2,1-2H3,(H,12,15). The van der Waals surface area contributed by atoms with Gasteiger partial charge < -0.3 is 5.32 Å². The summed E-state index contributed by atoms with van der Waals surface area (Å²) in [6.07, 6.45) is 3.15. The first-order valence-corrected chi connectivity index (χ1v) is 5.34. The van der Waals surface area contributed by atoms with Crippen molar-refractivity contribution in [2.24, 2.45) is 0 Å². The molecule has 1 amide bonds. The van der Waals surface area contributed by atoms with Crippen molar-refractivity contribution < 1.29 is 4.79 Å². The highest BCUT2D eigenvalue weighted by atomic mass is 16.1. The van der Waals surface area contributed by atoms with Gasteiger partial charge in [-0.2, -0.15) is 0 Å². The van der Waals surface area contributed by atoms with Gasteiger partial charge in [-0.3, -0.25) is 4.79 Å². The molecule has 80 valence electrons. The van der Waals surface area contributed by atoms with E-state index in [0.717, 1.165) is 30.8 Å². The van der Waals surface area contributed by atoms with E-state index >= 15 is 0 Å². The number of hydrogen-bond acceptors (Lipinski definition) is 3. The zero-order valence-electron chi connectivity index (χ0n) is 9.08. The number of carbonyl (C=O) groups excluding carboxylic acids is 1. The smallest absolute Gasteiger partial charge is 0.269 e. The summed E-state index contributed by atoms with van der Waals surface area (Å²) >= 11 is 0. The maximum atomic E-state index is 11.5. The second-order valence-corrected chi connectivity index (χ2v) is 3.81. The fourth-order valence-corrected chi connectivity index (χ4v) is 1.47. The lowest BCUT2D eigenvalue weighted by atomic mass is 10.2. The second kappa shape index (κ2) is 3.96. The first-order valence-electron chi connectivity index (χ1n) is 5.34. The number of carbonyl (C=O) groups is 1. The number of amides is 1. The number of nitrogens with one attached hydrogen (secondary N) is 1. The van der Waals surface area contributed by atoms with Gasteiger partial charge in [0, 0.05) is 18.7 Å². The van der Waals surface area contributed by atoms with Crippen LogP contribution in [0.1, 0.15) is 47.7 Å². The minimum Gasteiger partial charge on any atom is -0.354 e. The quantitative estimate of drug-likeness (QED) is 0.808. The van der Waals surface area contributed by atoms with Crippen LogP contribution in [0.4, 0.5) is 0 Å². The summed E-state index contributed by atoms with van der Waals surface area (Å²) in [7, 11) is 1.62. The molecule has 1 aliphatic carbocycles. The predicted octanol–water partition coefficient (Wildman–Crippen LogP) is 1.28. The van der Waals surface area contributed by atoms with E-state index in [1.807, 2.05) is 6.92 Å². The van der Waals surface area contributed by atoms with Crippen LogP contribution in [0.2, 0.25) is 0 Å². The summed E-state index contributed by atoms with van der Waals surface area (Å²) in [5.41, 5.74) is 1.44. The fourth-order valence-electron chi connectivity index (χ4n) is 1.47. The molecule has 0 bridgehead atoms. The third-order valence-electron chi connectivity index (χ3n) is 2.56. The van der Waals surface area contributed by atoms with Crippen LogP contribution in [0, 0.1) is 0 Å². The van der Waals surface area contributed by atoms with Gasteiger partial charge in [-0.05, 0) is 25.3 Å². The molecular weight excluding hydrogens is 190 g/mol. The molecule has 4 heteroatoms. The molecule has 0 aromatic carbocycles. The molecule has 15 heavy (non-hydrogen) atoms. The Bertz CT molecular complexity index is 385. The highest BCUT2D eigenvalue weighted by Gasteiger charge is 2.27. The molecule has 0 aliphatic heterocycles. The summed E-state index contributed by atoms with van der Waals surface area (Å²) in [4.78, 5) is 20.2. The number of aryl methyl sites for hydroxylation is 1. The van der Waals surface area contributed by atoms with Crippen LogP contribution < -0.4 is 5.32 Å². The SMILES string of the molecule is CCc1cc(C(=O)NC)nc(C2CC2)n1. The van der Waals surface area contributed by atoms with Crippen molar-refractivity contribution in [1.29, 1.82) is 0 Å². The largest absolute Gasteiger partial charge is 0.354 e. The van der Waals surface area contributed by atoms with Gasteiger partial charge in [0.1, 0.15) is 11.5 Å². The first kappa shape index (κ1) is 10.1. The van der Waals surface area contributed by atoms with Crippen molar-refractivity contribution >= 4 is 5.91 Å². The fraction of sp³-hybridized carbons (Fsp3) is 0.545. The van der Waals surface area contributed by atoms with Crippen molar-refractivity contribution in [1.82, 2.24) is 15.3 Å². The summed E-state index contributed by atoms with van der Waals surface area (Å²) in [5.74, 6) is 1.20. The Labute approximate surface area is 89.1 Å². The molecular formula is C11H15N3O. The molecule has 0 unspecified atom stereocenters. The zero-order chi connectivity index (χ0) is 10.8. The average Bonchev–Trinajstić information content (AvgIpc) is 3.11. The normalized spacial score (nSPS) is 15.1. The number of aromatic nitrogens is 2. The molecule has 1 aromatic heterocycles. The highest BCUT2D eigenvalue weighted by molar-refractivity contribution is 5.92. The third-order valence-corrected chi connectivity index (χ3v) is 2.56. The molecule has 0 spiro atoms. The van der Waals surface area contributed by atoms with Crippen LogP contribution in [0.15, 0.2) is 6.07 Å². The van der Waals surface area contributed by atoms with Gasteiger partial charge in [0.25, 0.3) is 5.91 Å². The monoisotopic (exact) mass is 205 g/mol. The summed E-state index contributed by atoms with van der Waals surface area (Å²) in [5, 5.41) is 2.59. The van der Waals surface area contributed by atoms with E-state index in [0.29, 0.717) is 11.6 Å². The molecule has 1 aliphatic rings. The van der Waals surface area contributed by atoms with E-state index in [1.165, 1.54) is 0 Å². The van der Waals surface area contributed by atoms with Crippen LogP contribution in [0.25, 0.3) is 0 Å². The van der Waals surface area contributed by atoms with Crippen molar-refractivity contribution in [3.63, 3.8) is 0 Å². The van der Waals surface area contributed by atoms with Crippen LogP contribution in [0.5, 0.6) is 0 Å². The summed E-state index contributed by atoms with van der Waals surface area (Å²) in [6.45, 7) is 2.03. The zero-order valence-corrected chi connectivity index (χ0v) is 9.08. The topological polar surface area (TPSA) is 54.9 Å². The van der Waals surface area contributed by atoms with Gasteiger partial charge in [-0.1, -0.05) is 6.92 Å². The molecule has 0 atom stereocenters. The lowest BCUT2D eigenvalue weighted by Crippen LogP contribution is -2.20. The van der Waals surface area contributed by atoms with Crippen molar-refractivity contribution in [2.75, 3.05) is 7.05 Å². The van der Waals surface area contributed by atoms with Gasteiger partial charge in [-0.25, -0.2) is 9.97 Å². The molecule has 1 fully saturated rings. The Morgan fingerprint density at radius 2 is 2.27 bits per heavy atom.